The fourth-order valence-corrected chi connectivity index (χ4v) is 2.21. The summed E-state index contributed by atoms with van der Waals surface area (Å²) in [5, 5.41) is 5.53. The average Bonchev–Trinajstić information content (AvgIpc) is 2.75. The van der Waals surface area contributed by atoms with E-state index in [9.17, 15) is 4.79 Å². The van der Waals surface area contributed by atoms with Crippen molar-refractivity contribution < 1.29 is 4.74 Å². The summed E-state index contributed by atoms with van der Waals surface area (Å²) in [4.78, 5) is 16.6. The molecule has 0 unspecified atom stereocenters. The molecule has 0 aliphatic carbocycles. The number of aryl methyl sites for hydroxylation is 2. The number of hydrogen-bond acceptors (Lipinski definition) is 4. The zero-order chi connectivity index (χ0) is 14.0. The van der Waals surface area contributed by atoms with Crippen LogP contribution in [0.5, 0.6) is 0 Å². The van der Waals surface area contributed by atoms with E-state index in [1.807, 2.05) is 19.9 Å². The molecule has 2 heterocycles. The largest absolute Gasteiger partial charge is 0.383 e. The van der Waals surface area contributed by atoms with Crippen molar-refractivity contribution in [1.82, 2.24) is 19.7 Å². The van der Waals surface area contributed by atoms with Crippen LogP contribution in [0.25, 0.3) is 11.4 Å². The second-order valence-electron chi connectivity index (χ2n) is 4.31. The van der Waals surface area contributed by atoms with Gasteiger partial charge in [-0.1, -0.05) is 0 Å². The second kappa shape index (κ2) is 5.50. The molecule has 2 aromatic rings. The third-order valence-corrected chi connectivity index (χ3v) is 3.15. The van der Waals surface area contributed by atoms with Gasteiger partial charge in [0.2, 0.25) is 4.77 Å². The maximum absolute atomic E-state index is 12.5. The Kier molecular flexibility index (Phi) is 3.96. The van der Waals surface area contributed by atoms with Gasteiger partial charge in [0.25, 0.3) is 5.56 Å². The third kappa shape index (κ3) is 2.66. The van der Waals surface area contributed by atoms with Crippen LogP contribution < -0.4 is 5.56 Å². The van der Waals surface area contributed by atoms with Gasteiger partial charge >= 0.3 is 0 Å². The van der Waals surface area contributed by atoms with Crippen LogP contribution in [0.2, 0.25) is 0 Å². The molecule has 0 fully saturated rings. The van der Waals surface area contributed by atoms with Crippen molar-refractivity contribution in [2.24, 2.45) is 0 Å². The molecule has 0 amide bonds. The minimum atomic E-state index is -0.0905. The van der Waals surface area contributed by atoms with E-state index in [2.05, 4.69) is 15.2 Å². The molecular formula is C12H16N4O2S. The lowest BCUT2D eigenvalue weighted by molar-refractivity contribution is 0.185. The Morgan fingerprint density at radius 3 is 2.74 bits per heavy atom. The SMILES string of the molecule is COCCn1c(C)cc(C)c(-c2nc(=S)[nH][nH]2)c1=O. The first kappa shape index (κ1) is 13.7. The van der Waals surface area contributed by atoms with E-state index < -0.39 is 0 Å². The molecular weight excluding hydrogens is 264 g/mol. The molecule has 2 rings (SSSR count). The van der Waals surface area contributed by atoms with Crippen LogP contribution in [0.15, 0.2) is 10.9 Å². The van der Waals surface area contributed by atoms with E-state index in [4.69, 9.17) is 17.0 Å². The number of aromatic amines is 2. The van der Waals surface area contributed by atoms with Crippen molar-refractivity contribution in [3.63, 3.8) is 0 Å². The minimum absolute atomic E-state index is 0.0905. The van der Waals surface area contributed by atoms with Crippen LogP contribution >= 0.6 is 12.2 Å². The molecule has 6 nitrogen and oxygen atoms in total. The molecule has 0 saturated carbocycles. The molecule has 0 aromatic carbocycles. The summed E-state index contributed by atoms with van der Waals surface area (Å²) in [6, 6.07) is 1.96. The van der Waals surface area contributed by atoms with Crippen molar-refractivity contribution in [3.05, 3.63) is 32.4 Å². The Labute approximate surface area is 115 Å². The number of methoxy groups -OCH3 is 1. The van der Waals surface area contributed by atoms with E-state index >= 15 is 0 Å². The van der Waals surface area contributed by atoms with E-state index in [1.165, 1.54) is 0 Å². The summed E-state index contributed by atoms with van der Waals surface area (Å²) < 4.78 is 7.04. The Morgan fingerprint density at radius 2 is 2.16 bits per heavy atom. The summed E-state index contributed by atoms with van der Waals surface area (Å²) in [5.41, 5.74) is 2.22. The molecule has 19 heavy (non-hydrogen) atoms. The fraction of sp³-hybridized carbons (Fsp3) is 0.417. The predicted molar refractivity (Wildman–Crippen MR) is 74.8 cm³/mol. The lowest BCUT2D eigenvalue weighted by Gasteiger charge is -2.12. The predicted octanol–water partition coefficient (Wildman–Crippen LogP) is 1.56. The van der Waals surface area contributed by atoms with Crippen LogP contribution in [0, 0.1) is 18.6 Å². The number of pyridine rings is 1. The molecule has 2 aromatic heterocycles. The number of nitrogens with zero attached hydrogens (tertiary/aromatic N) is 2. The zero-order valence-corrected chi connectivity index (χ0v) is 11.9. The topological polar surface area (TPSA) is 75.7 Å². The summed E-state index contributed by atoms with van der Waals surface area (Å²) in [6.07, 6.45) is 0. The lowest BCUT2D eigenvalue weighted by Crippen LogP contribution is -2.26. The average molecular weight is 280 g/mol. The number of rotatable bonds is 4. The Hall–Kier alpha value is -1.73. The number of hydrogen-bond donors (Lipinski definition) is 2. The highest BCUT2D eigenvalue weighted by Crippen LogP contribution is 2.16. The van der Waals surface area contributed by atoms with Crippen molar-refractivity contribution in [1.29, 1.82) is 0 Å². The number of aromatic nitrogens is 4. The van der Waals surface area contributed by atoms with Gasteiger partial charge in [-0.3, -0.25) is 15.0 Å². The van der Waals surface area contributed by atoms with Crippen LogP contribution in [0.4, 0.5) is 0 Å². The summed E-state index contributed by atoms with van der Waals surface area (Å²) in [5.74, 6) is 0.471. The zero-order valence-electron chi connectivity index (χ0n) is 11.1. The smallest absolute Gasteiger partial charge is 0.262 e. The fourth-order valence-electron chi connectivity index (χ4n) is 2.06. The molecule has 0 radical (unpaired) electrons. The van der Waals surface area contributed by atoms with Crippen LogP contribution in [0.1, 0.15) is 11.3 Å². The maximum atomic E-state index is 12.5. The molecule has 102 valence electrons. The van der Waals surface area contributed by atoms with Gasteiger partial charge in [0, 0.05) is 19.3 Å². The first-order valence-electron chi connectivity index (χ1n) is 5.89. The molecule has 0 spiro atoms. The van der Waals surface area contributed by atoms with Crippen molar-refractivity contribution >= 4 is 12.2 Å². The molecule has 0 aliphatic rings. The van der Waals surface area contributed by atoms with Gasteiger partial charge < -0.3 is 9.30 Å². The molecule has 0 saturated heterocycles. The Bertz CT molecular complexity index is 698. The van der Waals surface area contributed by atoms with Gasteiger partial charge in [-0.25, -0.2) is 0 Å². The highest BCUT2D eigenvalue weighted by Gasteiger charge is 2.14. The third-order valence-electron chi connectivity index (χ3n) is 2.96. The van der Waals surface area contributed by atoms with Gasteiger partial charge in [-0.2, -0.15) is 4.98 Å². The quantitative estimate of drug-likeness (QED) is 0.833. The second-order valence-corrected chi connectivity index (χ2v) is 4.70. The highest BCUT2D eigenvalue weighted by molar-refractivity contribution is 7.71. The lowest BCUT2D eigenvalue weighted by atomic mass is 10.1. The summed E-state index contributed by atoms with van der Waals surface area (Å²) in [6.45, 7) is 4.79. The number of H-pyrrole nitrogens is 2. The first-order chi connectivity index (χ1) is 9.04. The van der Waals surface area contributed by atoms with Crippen molar-refractivity contribution in [2.75, 3.05) is 13.7 Å². The van der Waals surface area contributed by atoms with Gasteiger partial charge in [-0.15, -0.1) is 0 Å². The summed E-state index contributed by atoms with van der Waals surface area (Å²) in [7, 11) is 1.61. The van der Waals surface area contributed by atoms with E-state index in [0.29, 0.717) is 29.3 Å². The Balaban J connectivity index is 2.61. The van der Waals surface area contributed by atoms with Crippen LogP contribution in [-0.4, -0.2) is 33.5 Å². The van der Waals surface area contributed by atoms with Gasteiger partial charge in [-0.05, 0) is 37.7 Å². The van der Waals surface area contributed by atoms with E-state index in [0.717, 1.165) is 11.3 Å². The first-order valence-corrected chi connectivity index (χ1v) is 6.30. The maximum Gasteiger partial charge on any atom is 0.262 e. The monoisotopic (exact) mass is 280 g/mol. The molecule has 0 atom stereocenters. The van der Waals surface area contributed by atoms with Crippen LogP contribution in [0.3, 0.4) is 0 Å². The summed E-state index contributed by atoms with van der Waals surface area (Å²) >= 11 is 4.92. The van der Waals surface area contributed by atoms with Gasteiger partial charge in [0.15, 0.2) is 5.82 Å². The number of nitrogens with one attached hydrogen (secondary N) is 2. The van der Waals surface area contributed by atoms with E-state index in [1.54, 1.807) is 11.7 Å². The number of ether oxygens (including phenoxy) is 1. The molecule has 0 aliphatic heterocycles. The molecule has 2 N–H and O–H groups in total. The highest BCUT2D eigenvalue weighted by atomic mass is 32.1. The van der Waals surface area contributed by atoms with Crippen molar-refractivity contribution in [3.8, 4) is 11.4 Å². The van der Waals surface area contributed by atoms with E-state index in [-0.39, 0.29) is 5.56 Å². The Morgan fingerprint density at radius 1 is 1.42 bits per heavy atom. The van der Waals surface area contributed by atoms with Gasteiger partial charge in [0.1, 0.15) is 0 Å². The van der Waals surface area contributed by atoms with Crippen molar-refractivity contribution in [2.45, 2.75) is 20.4 Å². The molecule has 0 bridgehead atoms. The normalized spacial score (nSPS) is 10.9. The minimum Gasteiger partial charge on any atom is -0.383 e. The van der Waals surface area contributed by atoms with Crippen LogP contribution in [-0.2, 0) is 11.3 Å². The molecule has 7 heteroatoms. The van der Waals surface area contributed by atoms with Gasteiger partial charge in [0.05, 0.1) is 12.2 Å². The standard InChI is InChI=1S/C12H16N4O2S/c1-7-6-8(2)16(4-5-18-3)11(17)9(7)10-13-12(19)15-14-10/h6H,4-5H2,1-3H3,(H2,13,14,15,19).